The number of esters is 1. The molecular weight excluding hydrogens is 568 g/mol. The second-order valence-corrected chi connectivity index (χ2v) is 14.6. The van der Waals surface area contributed by atoms with Gasteiger partial charge < -0.3 is 20.8 Å². The number of hydrogen-bond acceptors (Lipinski definition) is 8. The SMILES string of the molecule is CC(C)(C)OC(=O)C1CCC(N2Cc3cc(N=C(N)c4c(N[C@H]5CCCC[C@@H]5C#N)cc[nH]c4=O)ccc3S2(=O)=O)CC1. The summed E-state index contributed by atoms with van der Waals surface area (Å²) in [4.78, 5) is 32.8. The van der Waals surface area contributed by atoms with E-state index in [1.165, 1.54) is 16.6 Å². The van der Waals surface area contributed by atoms with Crippen LogP contribution in [0.4, 0.5) is 11.4 Å². The van der Waals surface area contributed by atoms with Crippen LogP contribution in [0.3, 0.4) is 0 Å². The van der Waals surface area contributed by atoms with Gasteiger partial charge in [0.15, 0.2) is 0 Å². The number of benzene rings is 1. The topological polar surface area (TPSA) is 171 Å². The van der Waals surface area contributed by atoms with Gasteiger partial charge in [-0.2, -0.15) is 9.57 Å². The van der Waals surface area contributed by atoms with Crippen LogP contribution in [0, 0.1) is 23.2 Å². The molecule has 0 bridgehead atoms. The van der Waals surface area contributed by atoms with Crippen LogP contribution in [0.2, 0.25) is 0 Å². The molecule has 0 radical (unpaired) electrons. The number of aromatic amines is 1. The summed E-state index contributed by atoms with van der Waals surface area (Å²) in [7, 11) is -3.70. The highest BCUT2D eigenvalue weighted by molar-refractivity contribution is 7.89. The minimum absolute atomic E-state index is 0.00760. The summed E-state index contributed by atoms with van der Waals surface area (Å²) in [6.45, 7) is 5.73. The number of nitriles is 1. The van der Waals surface area contributed by atoms with Gasteiger partial charge in [-0.05, 0) is 89.1 Å². The van der Waals surface area contributed by atoms with Crippen LogP contribution in [0.5, 0.6) is 0 Å². The van der Waals surface area contributed by atoms with Gasteiger partial charge in [0.2, 0.25) is 10.0 Å². The number of ether oxygens (including phenoxy) is 1. The molecule has 2 heterocycles. The molecule has 2 atom stereocenters. The van der Waals surface area contributed by atoms with Crippen molar-refractivity contribution in [3.8, 4) is 6.07 Å². The Bertz CT molecular complexity index is 1610. The largest absolute Gasteiger partial charge is 0.460 e. The number of carbonyl (C=O) groups excluding carboxylic acids is 1. The number of aromatic nitrogens is 1. The molecule has 43 heavy (non-hydrogen) atoms. The van der Waals surface area contributed by atoms with Crippen molar-refractivity contribution in [1.29, 1.82) is 5.26 Å². The number of fused-ring (bicyclic) bond motifs is 1. The highest BCUT2D eigenvalue weighted by Crippen LogP contribution is 2.39. The van der Waals surface area contributed by atoms with Crippen LogP contribution in [0.25, 0.3) is 0 Å². The van der Waals surface area contributed by atoms with Crippen LogP contribution >= 0.6 is 0 Å². The van der Waals surface area contributed by atoms with Gasteiger partial charge in [0.25, 0.3) is 5.56 Å². The van der Waals surface area contributed by atoms with Crippen molar-refractivity contribution in [2.24, 2.45) is 22.6 Å². The average Bonchev–Trinajstić information content (AvgIpc) is 3.22. The first-order valence-corrected chi connectivity index (χ1v) is 16.4. The average molecular weight is 609 g/mol. The lowest BCUT2D eigenvalue weighted by atomic mass is 9.85. The van der Waals surface area contributed by atoms with Gasteiger partial charge in [0.1, 0.15) is 17.0 Å². The van der Waals surface area contributed by atoms with Gasteiger partial charge in [-0.25, -0.2) is 13.4 Å². The fraction of sp³-hybridized carbons (Fsp3) is 0.548. The predicted molar refractivity (Wildman–Crippen MR) is 163 cm³/mol. The Morgan fingerprint density at radius 2 is 1.86 bits per heavy atom. The zero-order chi connectivity index (χ0) is 30.9. The zero-order valence-corrected chi connectivity index (χ0v) is 25.7. The van der Waals surface area contributed by atoms with Crippen LogP contribution in [-0.4, -0.2) is 47.2 Å². The molecule has 0 saturated heterocycles. The first kappa shape index (κ1) is 30.8. The Morgan fingerprint density at radius 1 is 1.14 bits per heavy atom. The normalized spacial score (nSPS) is 25.9. The number of H-pyrrole nitrogens is 1. The van der Waals surface area contributed by atoms with Crippen molar-refractivity contribution in [3.05, 3.63) is 51.9 Å². The molecule has 2 aromatic rings. The Kier molecular flexibility index (Phi) is 8.68. The van der Waals surface area contributed by atoms with Gasteiger partial charge in [-0.1, -0.05) is 12.8 Å². The van der Waals surface area contributed by atoms with Crippen molar-refractivity contribution in [2.45, 2.75) is 101 Å². The Balaban J connectivity index is 1.33. The summed E-state index contributed by atoms with van der Waals surface area (Å²) in [5, 5.41) is 12.9. The van der Waals surface area contributed by atoms with Crippen molar-refractivity contribution in [3.63, 3.8) is 0 Å². The number of sulfonamides is 1. The number of aliphatic imine (C=N–C) groups is 1. The molecular formula is C31H40N6O5S. The molecule has 2 saturated carbocycles. The lowest BCUT2D eigenvalue weighted by molar-refractivity contribution is -0.161. The standard InChI is InChI=1S/C31H40N6O5S/c1-31(2,3)42-30(39)19-8-11-23(12-9-19)37-18-21-16-22(10-13-26(21)43(37,40)41)35-28(33)27-25(14-15-34-29(27)38)36-24-7-5-4-6-20(24)17-32/h10,13-16,19-20,23-24H,4-9,11-12,18H2,1-3H3,(H2,33,35)(H2,34,36,38)/t19?,20-,23?,24+/m1/s1. The van der Waals surface area contributed by atoms with E-state index in [-0.39, 0.29) is 52.7 Å². The Hall–Kier alpha value is -3.69. The Morgan fingerprint density at radius 3 is 2.56 bits per heavy atom. The molecule has 0 amide bonds. The van der Waals surface area contributed by atoms with E-state index < -0.39 is 21.2 Å². The summed E-state index contributed by atoms with van der Waals surface area (Å²) in [6.07, 6.45) is 7.46. The van der Waals surface area contributed by atoms with E-state index in [1.54, 1.807) is 18.2 Å². The second-order valence-electron chi connectivity index (χ2n) is 12.7. The van der Waals surface area contributed by atoms with Crippen molar-refractivity contribution in [2.75, 3.05) is 5.32 Å². The maximum Gasteiger partial charge on any atom is 0.309 e. The van der Waals surface area contributed by atoms with Crippen LogP contribution in [0.15, 0.2) is 45.1 Å². The molecule has 1 aromatic carbocycles. The van der Waals surface area contributed by atoms with E-state index in [0.717, 1.165) is 25.7 Å². The van der Waals surface area contributed by atoms with Gasteiger partial charge in [-0.3, -0.25) is 9.59 Å². The Labute approximate surface area is 252 Å². The molecule has 12 heteroatoms. The molecule has 1 aliphatic heterocycles. The predicted octanol–water partition coefficient (Wildman–Crippen LogP) is 4.31. The van der Waals surface area contributed by atoms with Crippen LogP contribution in [0.1, 0.15) is 83.3 Å². The lowest BCUT2D eigenvalue weighted by Gasteiger charge is -2.33. The van der Waals surface area contributed by atoms with Crippen molar-refractivity contribution in [1.82, 2.24) is 9.29 Å². The first-order chi connectivity index (χ1) is 20.4. The molecule has 0 unspecified atom stereocenters. The number of anilines is 1. The van der Waals surface area contributed by atoms with E-state index in [2.05, 4.69) is 21.4 Å². The molecule has 0 spiro atoms. The lowest BCUT2D eigenvalue weighted by Crippen LogP contribution is -2.40. The molecule has 230 valence electrons. The number of pyridine rings is 1. The maximum atomic E-state index is 13.5. The molecule has 5 rings (SSSR count). The summed E-state index contributed by atoms with van der Waals surface area (Å²) in [5.41, 5.74) is 7.15. The van der Waals surface area contributed by atoms with Gasteiger partial charge in [0, 0.05) is 24.8 Å². The number of amidine groups is 1. The highest BCUT2D eigenvalue weighted by atomic mass is 32.2. The maximum absolute atomic E-state index is 13.5. The van der Waals surface area contributed by atoms with E-state index >= 15 is 0 Å². The third-order valence-electron chi connectivity index (χ3n) is 8.54. The molecule has 2 aliphatic carbocycles. The van der Waals surface area contributed by atoms with Crippen LogP contribution in [-0.2, 0) is 26.1 Å². The second kappa shape index (κ2) is 12.1. The summed E-state index contributed by atoms with van der Waals surface area (Å²) in [6, 6.07) is 8.60. The zero-order valence-electron chi connectivity index (χ0n) is 24.9. The molecule has 2 fully saturated rings. The number of rotatable bonds is 6. The highest BCUT2D eigenvalue weighted by Gasteiger charge is 2.42. The van der Waals surface area contributed by atoms with E-state index in [1.807, 2.05) is 20.8 Å². The fourth-order valence-corrected chi connectivity index (χ4v) is 8.27. The van der Waals surface area contributed by atoms with E-state index in [4.69, 9.17) is 10.5 Å². The van der Waals surface area contributed by atoms with Crippen molar-refractivity contribution < 1.29 is 17.9 Å². The number of carbonyl (C=O) groups is 1. The van der Waals surface area contributed by atoms with Crippen molar-refractivity contribution >= 4 is 33.2 Å². The number of nitrogens with one attached hydrogen (secondary N) is 2. The van der Waals surface area contributed by atoms with Gasteiger partial charge in [0.05, 0.1) is 34.2 Å². The molecule has 1 aromatic heterocycles. The molecule has 11 nitrogen and oxygen atoms in total. The fourth-order valence-electron chi connectivity index (χ4n) is 6.41. The summed E-state index contributed by atoms with van der Waals surface area (Å²) < 4.78 is 34.0. The minimum atomic E-state index is -3.70. The molecule has 4 N–H and O–H groups in total. The third kappa shape index (κ3) is 6.63. The quantitative estimate of drug-likeness (QED) is 0.247. The van der Waals surface area contributed by atoms with Crippen LogP contribution < -0.4 is 16.6 Å². The molecule has 3 aliphatic rings. The number of hydrogen-bond donors (Lipinski definition) is 3. The monoisotopic (exact) mass is 608 g/mol. The number of nitrogens with two attached hydrogens (primary N) is 1. The van der Waals surface area contributed by atoms with E-state index in [9.17, 15) is 23.3 Å². The summed E-state index contributed by atoms with van der Waals surface area (Å²) >= 11 is 0. The number of nitrogens with zero attached hydrogens (tertiary/aromatic N) is 3. The smallest absolute Gasteiger partial charge is 0.309 e. The first-order valence-electron chi connectivity index (χ1n) is 15.0. The van der Waals surface area contributed by atoms with E-state index in [0.29, 0.717) is 42.6 Å². The minimum Gasteiger partial charge on any atom is -0.460 e. The third-order valence-corrected chi connectivity index (χ3v) is 10.5. The van der Waals surface area contributed by atoms with Gasteiger partial charge in [-0.15, -0.1) is 0 Å². The summed E-state index contributed by atoms with van der Waals surface area (Å²) in [5.74, 6) is -0.617. The van der Waals surface area contributed by atoms with Gasteiger partial charge >= 0.3 is 5.97 Å².